The van der Waals surface area contributed by atoms with Gasteiger partial charge >= 0.3 is 0 Å². The molecule has 0 aromatic carbocycles. The lowest BCUT2D eigenvalue weighted by Gasteiger charge is -2.37. The number of aromatic nitrogens is 2. The molecule has 1 aliphatic heterocycles. The van der Waals surface area contributed by atoms with E-state index in [4.69, 9.17) is 0 Å². The number of imidazole rings is 1. The van der Waals surface area contributed by atoms with E-state index in [2.05, 4.69) is 53.7 Å². The van der Waals surface area contributed by atoms with E-state index in [-0.39, 0.29) is 0 Å². The number of fused-ring (bicyclic) bond motifs is 1. The van der Waals surface area contributed by atoms with Crippen molar-refractivity contribution in [2.75, 3.05) is 26.2 Å². The summed E-state index contributed by atoms with van der Waals surface area (Å²) in [6.07, 6.45) is 6.56. The van der Waals surface area contributed by atoms with Gasteiger partial charge in [-0.15, -0.1) is 0 Å². The third-order valence-corrected chi connectivity index (χ3v) is 4.39. The average Bonchev–Trinajstić information content (AvgIpc) is 2.85. The smallest absolute Gasteiger partial charge is 0.122 e. The molecule has 2 heterocycles. The highest BCUT2D eigenvalue weighted by Gasteiger charge is 2.28. The van der Waals surface area contributed by atoms with Crippen LogP contribution < -0.4 is 5.32 Å². The zero-order valence-corrected chi connectivity index (χ0v) is 14.2. The molecule has 120 valence electrons. The summed E-state index contributed by atoms with van der Waals surface area (Å²) in [6.45, 7) is 15.9. The van der Waals surface area contributed by atoms with Crippen molar-refractivity contribution < 1.29 is 0 Å². The lowest BCUT2D eigenvalue weighted by molar-refractivity contribution is 0.122. The molecule has 0 spiro atoms. The SMILES string of the molecule is CCCC(C)(CNCC(C)C)CN1CCn2ccnc2C1. The van der Waals surface area contributed by atoms with Crippen molar-refractivity contribution >= 4 is 0 Å². The summed E-state index contributed by atoms with van der Waals surface area (Å²) in [5.74, 6) is 1.94. The summed E-state index contributed by atoms with van der Waals surface area (Å²) in [5, 5.41) is 3.67. The molecule has 1 aromatic heterocycles. The normalized spacial score (nSPS) is 18.7. The van der Waals surface area contributed by atoms with Crippen LogP contribution in [-0.2, 0) is 13.1 Å². The van der Waals surface area contributed by atoms with Crippen LogP contribution in [0.25, 0.3) is 0 Å². The topological polar surface area (TPSA) is 33.1 Å². The molecule has 21 heavy (non-hydrogen) atoms. The molecule has 1 aromatic rings. The molecule has 0 radical (unpaired) electrons. The molecule has 0 saturated carbocycles. The lowest BCUT2D eigenvalue weighted by atomic mass is 9.84. The van der Waals surface area contributed by atoms with E-state index in [1.54, 1.807) is 0 Å². The molecule has 0 amide bonds. The van der Waals surface area contributed by atoms with Gasteiger partial charge in [-0.2, -0.15) is 0 Å². The second-order valence-electron chi connectivity index (χ2n) is 7.33. The highest BCUT2D eigenvalue weighted by atomic mass is 15.2. The van der Waals surface area contributed by atoms with E-state index in [1.807, 2.05) is 6.20 Å². The standard InChI is InChI=1S/C17H32N4/c1-5-6-17(4,13-18-11-15(2)3)14-20-9-10-21-8-7-19-16(21)12-20/h7-8,15,18H,5-6,9-14H2,1-4H3. The van der Waals surface area contributed by atoms with E-state index >= 15 is 0 Å². The van der Waals surface area contributed by atoms with Gasteiger partial charge in [0.15, 0.2) is 0 Å². The molecule has 1 aliphatic rings. The molecule has 2 rings (SSSR count). The average molecular weight is 292 g/mol. The Morgan fingerprint density at radius 2 is 2.19 bits per heavy atom. The van der Waals surface area contributed by atoms with Crippen LogP contribution in [0.15, 0.2) is 12.4 Å². The second-order valence-corrected chi connectivity index (χ2v) is 7.33. The largest absolute Gasteiger partial charge is 0.333 e. The lowest BCUT2D eigenvalue weighted by Crippen LogP contribution is -2.45. The Hall–Kier alpha value is -0.870. The van der Waals surface area contributed by atoms with Crippen LogP contribution in [0.5, 0.6) is 0 Å². The molecule has 1 unspecified atom stereocenters. The van der Waals surface area contributed by atoms with E-state index in [0.29, 0.717) is 5.41 Å². The number of hydrogen-bond acceptors (Lipinski definition) is 3. The van der Waals surface area contributed by atoms with Crippen LogP contribution in [0.1, 0.15) is 46.4 Å². The predicted octanol–water partition coefficient (Wildman–Crippen LogP) is 2.75. The monoisotopic (exact) mass is 292 g/mol. The van der Waals surface area contributed by atoms with Crippen LogP contribution >= 0.6 is 0 Å². The fraction of sp³-hybridized carbons (Fsp3) is 0.824. The Morgan fingerprint density at radius 3 is 2.90 bits per heavy atom. The fourth-order valence-corrected chi connectivity index (χ4v) is 3.39. The third-order valence-electron chi connectivity index (χ3n) is 4.39. The molecule has 1 N–H and O–H groups in total. The summed E-state index contributed by atoms with van der Waals surface area (Å²) in [6, 6.07) is 0. The fourth-order valence-electron chi connectivity index (χ4n) is 3.39. The van der Waals surface area contributed by atoms with Gasteiger partial charge in [-0.1, -0.05) is 34.1 Å². The Balaban J connectivity index is 1.90. The third kappa shape index (κ3) is 4.82. The predicted molar refractivity (Wildman–Crippen MR) is 88.2 cm³/mol. The number of hydrogen-bond donors (Lipinski definition) is 1. The van der Waals surface area contributed by atoms with Gasteiger partial charge in [-0.05, 0) is 24.3 Å². The summed E-state index contributed by atoms with van der Waals surface area (Å²) >= 11 is 0. The molecule has 4 heteroatoms. The minimum absolute atomic E-state index is 0.360. The van der Waals surface area contributed by atoms with Gasteiger partial charge < -0.3 is 9.88 Å². The van der Waals surface area contributed by atoms with Gasteiger partial charge in [0.25, 0.3) is 0 Å². The van der Waals surface area contributed by atoms with Crippen molar-refractivity contribution in [1.29, 1.82) is 0 Å². The van der Waals surface area contributed by atoms with Gasteiger partial charge in [0.05, 0.1) is 6.54 Å². The molecule has 0 aliphatic carbocycles. The Morgan fingerprint density at radius 1 is 1.38 bits per heavy atom. The number of nitrogens with one attached hydrogen (secondary N) is 1. The van der Waals surface area contributed by atoms with Crippen molar-refractivity contribution in [2.24, 2.45) is 11.3 Å². The molecule has 1 atom stereocenters. The van der Waals surface area contributed by atoms with E-state index in [0.717, 1.165) is 38.6 Å². The van der Waals surface area contributed by atoms with Crippen LogP contribution in [-0.4, -0.2) is 40.6 Å². The zero-order valence-electron chi connectivity index (χ0n) is 14.2. The maximum atomic E-state index is 4.47. The Kier molecular flexibility index (Phi) is 5.82. The zero-order chi connectivity index (χ0) is 15.3. The van der Waals surface area contributed by atoms with Crippen LogP contribution in [0.4, 0.5) is 0 Å². The van der Waals surface area contributed by atoms with Crippen LogP contribution in [0.3, 0.4) is 0 Å². The van der Waals surface area contributed by atoms with Crippen LogP contribution in [0.2, 0.25) is 0 Å². The highest BCUT2D eigenvalue weighted by Crippen LogP contribution is 2.26. The van der Waals surface area contributed by atoms with E-state index in [9.17, 15) is 0 Å². The van der Waals surface area contributed by atoms with Gasteiger partial charge in [-0.3, -0.25) is 4.90 Å². The Labute approximate surface area is 129 Å². The van der Waals surface area contributed by atoms with Crippen molar-refractivity contribution in [2.45, 2.75) is 53.6 Å². The van der Waals surface area contributed by atoms with Gasteiger partial charge in [0.1, 0.15) is 5.82 Å². The first-order chi connectivity index (χ1) is 10.0. The summed E-state index contributed by atoms with van der Waals surface area (Å²) in [7, 11) is 0. The van der Waals surface area contributed by atoms with Crippen molar-refractivity contribution in [3.8, 4) is 0 Å². The molecule has 4 nitrogen and oxygen atoms in total. The summed E-state index contributed by atoms with van der Waals surface area (Å²) < 4.78 is 2.28. The first-order valence-corrected chi connectivity index (χ1v) is 8.45. The first kappa shape index (κ1) is 16.5. The quantitative estimate of drug-likeness (QED) is 0.800. The van der Waals surface area contributed by atoms with Crippen molar-refractivity contribution in [3.63, 3.8) is 0 Å². The van der Waals surface area contributed by atoms with Crippen molar-refractivity contribution in [1.82, 2.24) is 19.8 Å². The molecule has 0 saturated heterocycles. The maximum absolute atomic E-state index is 4.47. The highest BCUT2D eigenvalue weighted by molar-refractivity contribution is 4.96. The number of nitrogens with zero attached hydrogens (tertiary/aromatic N) is 3. The minimum atomic E-state index is 0.360. The molecular weight excluding hydrogens is 260 g/mol. The summed E-state index contributed by atoms with van der Waals surface area (Å²) in [5.41, 5.74) is 0.360. The van der Waals surface area contributed by atoms with Gasteiger partial charge in [0, 0.05) is 38.6 Å². The van der Waals surface area contributed by atoms with Crippen LogP contribution in [0, 0.1) is 11.3 Å². The minimum Gasteiger partial charge on any atom is -0.333 e. The molecule has 0 bridgehead atoms. The van der Waals surface area contributed by atoms with E-state index < -0.39 is 0 Å². The molecular formula is C17H32N4. The van der Waals surface area contributed by atoms with E-state index in [1.165, 1.54) is 25.2 Å². The van der Waals surface area contributed by atoms with Gasteiger partial charge in [-0.25, -0.2) is 4.98 Å². The second kappa shape index (κ2) is 7.41. The van der Waals surface area contributed by atoms with Crippen molar-refractivity contribution in [3.05, 3.63) is 18.2 Å². The molecule has 0 fully saturated rings. The Bertz CT molecular complexity index is 426. The summed E-state index contributed by atoms with van der Waals surface area (Å²) in [4.78, 5) is 7.05. The first-order valence-electron chi connectivity index (χ1n) is 8.45. The van der Waals surface area contributed by atoms with Gasteiger partial charge in [0.2, 0.25) is 0 Å². The number of rotatable bonds is 8. The maximum Gasteiger partial charge on any atom is 0.122 e.